The van der Waals surface area contributed by atoms with E-state index in [9.17, 15) is 14.4 Å². The lowest BCUT2D eigenvalue weighted by Crippen LogP contribution is -2.48. The predicted molar refractivity (Wildman–Crippen MR) is 155 cm³/mol. The molecule has 208 valence electrons. The third-order valence-corrected chi connectivity index (χ3v) is 7.79. The Morgan fingerprint density at radius 2 is 1.55 bits per heavy atom. The quantitative estimate of drug-likeness (QED) is 0.245. The van der Waals surface area contributed by atoms with Gasteiger partial charge in [0.15, 0.2) is 11.6 Å². The molecule has 2 aliphatic heterocycles. The fraction of sp³-hybridized carbons (Fsp3) is 0.387. The highest BCUT2D eigenvalue weighted by Gasteiger charge is 2.52. The predicted octanol–water partition coefficient (Wildman–Crippen LogP) is 2.93. The van der Waals surface area contributed by atoms with Crippen molar-refractivity contribution in [2.75, 3.05) is 63.2 Å². The summed E-state index contributed by atoms with van der Waals surface area (Å²) in [6.45, 7) is 9.66. The number of likely N-dealkylation sites (N-methyl/N-ethyl adjacent to an activating group) is 1. The van der Waals surface area contributed by atoms with E-state index in [-0.39, 0.29) is 11.6 Å². The van der Waals surface area contributed by atoms with Crippen LogP contribution in [0.2, 0.25) is 0 Å². The Labute approximate surface area is 235 Å². The van der Waals surface area contributed by atoms with E-state index < -0.39 is 23.7 Å². The molecule has 1 amide bonds. The largest absolute Gasteiger partial charge is 0.369 e. The van der Waals surface area contributed by atoms with Crippen LogP contribution in [0, 0.1) is 19.8 Å². The molecule has 0 bridgehead atoms. The van der Waals surface area contributed by atoms with Crippen molar-refractivity contribution < 1.29 is 14.4 Å². The summed E-state index contributed by atoms with van der Waals surface area (Å²) in [7, 11) is 4.18. The van der Waals surface area contributed by atoms with Crippen molar-refractivity contribution in [3.8, 4) is 0 Å². The highest BCUT2D eigenvalue weighted by atomic mass is 16.2. The number of aromatic nitrogens is 2. The molecule has 3 heterocycles. The Kier molecular flexibility index (Phi) is 8.04. The molecular weight excluding hydrogens is 504 g/mol. The molecule has 2 atom stereocenters. The number of hydrogen-bond donors (Lipinski definition) is 0. The molecule has 0 N–H and O–H groups in total. The molecule has 40 heavy (non-hydrogen) atoms. The molecule has 1 aromatic heterocycles. The average molecular weight is 541 g/mol. The molecule has 9 nitrogen and oxygen atoms in total. The lowest BCUT2D eigenvalue weighted by Gasteiger charge is -2.36. The molecule has 5 rings (SSSR count). The van der Waals surface area contributed by atoms with Crippen molar-refractivity contribution in [1.29, 1.82) is 0 Å². The van der Waals surface area contributed by atoms with E-state index in [1.165, 1.54) is 4.90 Å². The minimum atomic E-state index is -1.18. The second-order valence-corrected chi connectivity index (χ2v) is 10.9. The van der Waals surface area contributed by atoms with Crippen LogP contribution in [0.5, 0.6) is 0 Å². The standard InChI is InChI=1S/C31H36N6O3/c1-21-5-8-24(9-6-21)29(38)27-28(37(31(40)30(27)39)26-14-7-22(2)32-33-26)23-10-12-25(13-11-23)36-19-17-35(18-20-36)16-15-34(3)4/h5-14,27-28H,15-20H2,1-4H3. The van der Waals surface area contributed by atoms with Gasteiger partial charge in [-0.3, -0.25) is 24.2 Å². The van der Waals surface area contributed by atoms with Gasteiger partial charge in [0, 0.05) is 50.5 Å². The maximum absolute atomic E-state index is 13.7. The molecule has 2 fully saturated rings. The van der Waals surface area contributed by atoms with E-state index >= 15 is 0 Å². The summed E-state index contributed by atoms with van der Waals surface area (Å²) in [6, 6.07) is 17.6. The zero-order valence-corrected chi connectivity index (χ0v) is 23.6. The number of carbonyl (C=O) groups is 3. The number of carbonyl (C=O) groups excluding carboxylic acids is 3. The van der Waals surface area contributed by atoms with Gasteiger partial charge >= 0.3 is 0 Å². The zero-order valence-electron chi connectivity index (χ0n) is 23.6. The fourth-order valence-corrected chi connectivity index (χ4v) is 5.39. The van der Waals surface area contributed by atoms with Crippen LogP contribution in [0.25, 0.3) is 0 Å². The lowest BCUT2D eigenvalue weighted by atomic mass is 9.86. The van der Waals surface area contributed by atoms with Crippen molar-refractivity contribution >= 4 is 29.0 Å². The van der Waals surface area contributed by atoms with Gasteiger partial charge in [-0.05, 0) is 57.8 Å². The van der Waals surface area contributed by atoms with Gasteiger partial charge in [-0.15, -0.1) is 5.10 Å². The summed E-state index contributed by atoms with van der Waals surface area (Å²) >= 11 is 0. The third kappa shape index (κ3) is 5.66. The molecule has 3 aromatic rings. The minimum Gasteiger partial charge on any atom is -0.369 e. The van der Waals surface area contributed by atoms with Gasteiger partial charge in [-0.1, -0.05) is 42.0 Å². The number of Topliss-reactive ketones (excluding diaryl/α,β-unsaturated/α-hetero) is 2. The van der Waals surface area contributed by atoms with Gasteiger partial charge < -0.3 is 9.80 Å². The Hall–Kier alpha value is -3.95. The van der Waals surface area contributed by atoms with Gasteiger partial charge in [-0.25, -0.2) is 0 Å². The van der Waals surface area contributed by atoms with Crippen LogP contribution in [-0.2, 0) is 9.59 Å². The second-order valence-electron chi connectivity index (χ2n) is 10.9. The molecule has 2 aromatic carbocycles. The van der Waals surface area contributed by atoms with E-state index in [1.807, 2.05) is 43.3 Å². The first kappa shape index (κ1) is 27.6. The number of ketones is 2. The van der Waals surface area contributed by atoms with Gasteiger partial charge in [0.1, 0.15) is 5.92 Å². The summed E-state index contributed by atoms with van der Waals surface area (Å²) in [5, 5.41) is 8.30. The highest BCUT2D eigenvalue weighted by Crippen LogP contribution is 2.41. The normalized spacial score (nSPS) is 20.0. The third-order valence-electron chi connectivity index (χ3n) is 7.79. The maximum atomic E-state index is 13.7. The van der Waals surface area contributed by atoms with Gasteiger partial charge in [0.2, 0.25) is 5.78 Å². The number of amides is 1. The van der Waals surface area contributed by atoms with Crippen LogP contribution < -0.4 is 9.80 Å². The van der Waals surface area contributed by atoms with Crippen molar-refractivity contribution in [3.05, 3.63) is 83.0 Å². The summed E-state index contributed by atoms with van der Waals surface area (Å²) in [4.78, 5) is 48.8. The molecule has 0 spiro atoms. The van der Waals surface area contributed by atoms with Crippen LogP contribution in [0.3, 0.4) is 0 Å². The van der Waals surface area contributed by atoms with E-state index in [1.54, 1.807) is 31.2 Å². The smallest absolute Gasteiger partial charge is 0.297 e. The summed E-state index contributed by atoms with van der Waals surface area (Å²) < 4.78 is 0. The Bertz CT molecular complexity index is 1360. The number of piperazine rings is 1. The molecule has 2 aliphatic rings. The number of hydrogen-bond acceptors (Lipinski definition) is 8. The summed E-state index contributed by atoms with van der Waals surface area (Å²) in [6.07, 6.45) is 0. The molecule has 2 saturated heterocycles. The van der Waals surface area contributed by atoms with Crippen molar-refractivity contribution in [3.63, 3.8) is 0 Å². The first-order valence-corrected chi connectivity index (χ1v) is 13.7. The lowest BCUT2D eigenvalue weighted by molar-refractivity contribution is -0.135. The number of nitrogens with zero attached hydrogens (tertiary/aromatic N) is 6. The maximum Gasteiger partial charge on any atom is 0.297 e. The topological polar surface area (TPSA) is 89.9 Å². The van der Waals surface area contributed by atoms with E-state index in [0.717, 1.165) is 50.5 Å². The molecule has 0 radical (unpaired) electrons. The number of aryl methyl sites for hydroxylation is 2. The summed E-state index contributed by atoms with van der Waals surface area (Å²) in [5.41, 5.74) is 3.89. The van der Waals surface area contributed by atoms with E-state index in [4.69, 9.17) is 0 Å². The SMILES string of the molecule is Cc1ccc(C(=O)C2C(=O)C(=O)N(c3ccc(C)nn3)C2c2ccc(N3CCN(CCN(C)C)CC3)cc2)cc1. The van der Waals surface area contributed by atoms with Crippen LogP contribution in [0.1, 0.15) is 33.2 Å². The van der Waals surface area contributed by atoms with Crippen molar-refractivity contribution in [2.45, 2.75) is 19.9 Å². The second kappa shape index (κ2) is 11.7. The van der Waals surface area contributed by atoms with Crippen LogP contribution in [0.4, 0.5) is 11.5 Å². The minimum absolute atomic E-state index is 0.256. The van der Waals surface area contributed by atoms with Crippen LogP contribution >= 0.6 is 0 Å². The Morgan fingerprint density at radius 1 is 0.875 bits per heavy atom. The highest BCUT2D eigenvalue weighted by molar-refractivity contribution is 6.48. The first-order valence-electron chi connectivity index (χ1n) is 13.7. The molecule has 0 saturated carbocycles. The summed E-state index contributed by atoms with van der Waals surface area (Å²) in [5.74, 6) is -2.76. The average Bonchev–Trinajstić information content (AvgIpc) is 3.22. The molecule has 2 unspecified atom stereocenters. The van der Waals surface area contributed by atoms with Gasteiger partial charge in [0.05, 0.1) is 11.7 Å². The Balaban J connectivity index is 1.43. The number of benzene rings is 2. The van der Waals surface area contributed by atoms with Crippen molar-refractivity contribution in [2.24, 2.45) is 5.92 Å². The number of rotatable bonds is 8. The van der Waals surface area contributed by atoms with Crippen LogP contribution in [0.15, 0.2) is 60.7 Å². The zero-order chi connectivity index (χ0) is 28.4. The number of anilines is 2. The molecule has 0 aliphatic carbocycles. The molecular formula is C31H36N6O3. The van der Waals surface area contributed by atoms with E-state index in [2.05, 4.69) is 39.0 Å². The van der Waals surface area contributed by atoms with E-state index in [0.29, 0.717) is 16.8 Å². The molecule has 9 heteroatoms. The fourth-order valence-electron chi connectivity index (χ4n) is 5.39. The first-order chi connectivity index (χ1) is 19.2. The van der Waals surface area contributed by atoms with Crippen LogP contribution in [-0.4, -0.2) is 90.8 Å². The monoisotopic (exact) mass is 540 g/mol. The van der Waals surface area contributed by atoms with Crippen molar-refractivity contribution in [1.82, 2.24) is 20.0 Å². The Morgan fingerprint density at radius 3 is 2.15 bits per heavy atom. The van der Waals surface area contributed by atoms with Gasteiger partial charge in [0.25, 0.3) is 5.91 Å². The van der Waals surface area contributed by atoms with Gasteiger partial charge in [-0.2, -0.15) is 5.10 Å².